The number of anilines is 1. The Morgan fingerprint density at radius 2 is 2.17 bits per heavy atom. The maximum absolute atomic E-state index is 13.5. The Hall–Kier alpha value is -2.01. The molecule has 0 atom stereocenters. The SMILES string of the molecule is O=C(NCc1ccco1)Nc1cccc(Cl)c1F. The molecule has 1 aromatic carbocycles. The Morgan fingerprint density at radius 3 is 2.89 bits per heavy atom. The van der Waals surface area contributed by atoms with Gasteiger partial charge in [0, 0.05) is 0 Å². The number of benzene rings is 1. The van der Waals surface area contributed by atoms with Crippen LogP contribution in [0.4, 0.5) is 14.9 Å². The summed E-state index contributed by atoms with van der Waals surface area (Å²) in [7, 11) is 0. The van der Waals surface area contributed by atoms with Gasteiger partial charge in [-0.2, -0.15) is 0 Å². The lowest BCUT2D eigenvalue weighted by molar-refractivity contribution is 0.250. The monoisotopic (exact) mass is 268 g/mol. The third-order valence-electron chi connectivity index (χ3n) is 2.20. The first-order valence-electron chi connectivity index (χ1n) is 5.18. The molecule has 0 spiro atoms. The number of carbonyl (C=O) groups is 1. The zero-order chi connectivity index (χ0) is 13.0. The number of halogens is 2. The molecule has 18 heavy (non-hydrogen) atoms. The average molecular weight is 269 g/mol. The van der Waals surface area contributed by atoms with Crippen LogP contribution in [0.3, 0.4) is 0 Å². The van der Waals surface area contributed by atoms with Crippen LogP contribution in [0.25, 0.3) is 0 Å². The van der Waals surface area contributed by atoms with E-state index < -0.39 is 11.8 Å². The van der Waals surface area contributed by atoms with Crippen LogP contribution in [0.15, 0.2) is 41.0 Å². The lowest BCUT2D eigenvalue weighted by atomic mass is 10.3. The van der Waals surface area contributed by atoms with E-state index in [9.17, 15) is 9.18 Å². The van der Waals surface area contributed by atoms with Crippen molar-refractivity contribution in [3.63, 3.8) is 0 Å². The summed E-state index contributed by atoms with van der Waals surface area (Å²) in [5, 5.41) is 4.85. The zero-order valence-corrected chi connectivity index (χ0v) is 10.00. The van der Waals surface area contributed by atoms with Gasteiger partial charge in [0.25, 0.3) is 0 Å². The lowest BCUT2D eigenvalue weighted by Gasteiger charge is -2.07. The second kappa shape index (κ2) is 5.55. The molecule has 0 saturated heterocycles. The Kier molecular flexibility index (Phi) is 3.84. The highest BCUT2D eigenvalue weighted by atomic mass is 35.5. The molecule has 2 aromatic rings. The van der Waals surface area contributed by atoms with Crippen LogP contribution >= 0.6 is 11.6 Å². The molecule has 0 aliphatic heterocycles. The van der Waals surface area contributed by atoms with Gasteiger partial charge in [-0.1, -0.05) is 17.7 Å². The van der Waals surface area contributed by atoms with Gasteiger partial charge < -0.3 is 15.1 Å². The van der Waals surface area contributed by atoms with E-state index in [0.717, 1.165) is 0 Å². The predicted octanol–water partition coefficient (Wildman–Crippen LogP) is 3.39. The largest absolute Gasteiger partial charge is 0.467 e. The van der Waals surface area contributed by atoms with Gasteiger partial charge in [-0.3, -0.25) is 0 Å². The van der Waals surface area contributed by atoms with Crippen molar-refractivity contribution in [2.75, 3.05) is 5.32 Å². The van der Waals surface area contributed by atoms with E-state index in [0.29, 0.717) is 5.76 Å². The number of urea groups is 1. The van der Waals surface area contributed by atoms with Crippen molar-refractivity contribution in [1.29, 1.82) is 0 Å². The Balaban J connectivity index is 1.93. The maximum Gasteiger partial charge on any atom is 0.319 e. The van der Waals surface area contributed by atoms with Crippen molar-refractivity contribution >= 4 is 23.3 Å². The third kappa shape index (κ3) is 3.01. The maximum atomic E-state index is 13.5. The fourth-order valence-corrected chi connectivity index (χ4v) is 1.52. The third-order valence-corrected chi connectivity index (χ3v) is 2.49. The molecule has 2 N–H and O–H groups in total. The molecule has 4 nitrogen and oxygen atoms in total. The quantitative estimate of drug-likeness (QED) is 0.896. The number of nitrogens with one attached hydrogen (secondary N) is 2. The summed E-state index contributed by atoms with van der Waals surface area (Å²) in [6.07, 6.45) is 1.51. The van der Waals surface area contributed by atoms with Gasteiger partial charge in [-0.05, 0) is 24.3 Å². The average Bonchev–Trinajstić information content (AvgIpc) is 2.86. The van der Waals surface area contributed by atoms with Crippen LogP contribution in [-0.4, -0.2) is 6.03 Å². The highest BCUT2D eigenvalue weighted by molar-refractivity contribution is 6.31. The molecule has 0 saturated carbocycles. The standard InChI is InChI=1S/C12H10ClFN2O2/c13-9-4-1-5-10(11(9)14)16-12(17)15-7-8-3-2-6-18-8/h1-6H,7H2,(H2,15,16,17). The van der Waals surface area contributed by atoms with E-state index in [1.54, 1.807) is 18.2 Å². The van der Waals surface area contributed by atoms with Crippen molar-refractivity contribution in [3.05, 3.63) is 53.2 Å². The Labute approximate surface area is 108 Å². The second-order valence-electron chi connectivity index (χ2n) is 3.49. The van der Waals surface area contributed by atoms with Crippen molar-refractivity contribution in [1.82, 2.24) is 5.32 Å². The van der Waals surface area contributed by atoms with Crippen LogP contribution in [0.5, 0.6) is 0 Å². The molecule has 94 valence electrons. The molecule has 1 aromatic heterocycles. The molecule has 0 unspecified atom stereocenters. The number of rotatable bonds is 3. The van der Waals surface area contributed by atoms with Gasteiger partial charge in [0.2, 0.25) is 0 Å². The van der Waals surface area contributed by atoms with Crippen molar-refractivity contribution in [2.24, 2.45) is 0 Å². The summed E-state index contributed by atoms with van der Waals surface area (Å²) in [4.78, 5) is 11.5. The fraction of sp³-hybridized carbons (Fsp3) is 0.0833. The van der Waals surface area contributed by atoms with Crippen LogP contribution < -0.4 is 10.6 Å². The molecule has 0 bridgehead atoms. The van der Waals surface area contributed by atoms with Crippen molar-refractivity contribution < 1.29 is 13.6 Å². The molecule has 0 aliphatic carbocycles. The van der Waals surface area contributed by atoms with Crippen LogP contribution in [0, 0.1) is 5.82 Å². The summed E-state index contributed by atoms with van der Waals surface area (Å²) in [6.45, 7) is 0.223. The normalized spacial score (nSPS) is 10.1. The number of hydrogen-bond acceptors (Lipinski definition) is 2. The smallest absolute Gasteiger partial charge is 0.319 e. The molecule has 2 amide bonds. The summed E-state index contributed by atoms with van der Waals surface area (Å²) < 4.78 is 18.5. The second-order valence-corrected chi connectivity index (χ2v) is 3.90. The van der Waals surface area contributed by atoms with E-state index in [2.05, 4.69) is 10.6 Å². The van der Waals surface area contributed by atoms with Crippen molar-refractivity contribution in [3.8, 4) is 0 Å². The van der Waals surface area contributed by atoms with E-state index >= 15 is 0 Å². The number of furan rings is 1. The summed E-state index contributed by atoms with van der Waals surface area (Å²) in [6, 6.07) is 7.28. The van der Waals surface area contributed by atoms with Crippen LogP contribution in [-0.2, 0) is 6.54 Å². The number of carbonyl (C=O) groups excluding carboxylic acids is 1. The van der Waals surface area contributed by atoms with Crippen LogP contribution in [0.2, 0.25) is 5.02 Å². The Bertz CT molecular complexity index is 543. The summed E-state index contributed by atoms with van der Waals surface area (Å²) >= 11 is 5.59. The molecule has 2 rings (SSSR count). The van der Waals surface area contributed by atoms with E-state index in [1.807, 2.05) is 0 Å². The first kappa shape index (κ1) is 12.4. The van der Waals surface area contributed by atoms with Gasteiger partial charge >= 0.3 is 6.03 Å². The molecule has 0 aliphatic rings. The first-order valence-corrected chi connectivity index (χ1v) is 5.56. The highest BCUT2D eigenvalue weighted by Crippen LogP contribution is 2.21. The fourth-order valence-electron chi connectivity index (χ4n) is 1.35. The predicted molar refractivity (Wildman–Crippen MR) is 66.0 cm³/mol. The zero-order valence-electron chi connectivity index (χ0n) is 9.24. The van der Waals surface area contributed by atoms with E-state index in [4.69, 9.17) is 16.0 Å². The van der Waals surface area contributed by atoms with Crippen LogP contribution in [0.1, 0.15) is 5.76 Å². The first-order chi connectivity index (χ1) is 8.66. The minimum absolute atomic E-state index is 0.0273. The Morgan fingerprint density at radius 1 is 1.33 bits per heavy atom. The van der Waals surface area contributed by atoms with Gasteiger partial charge in [-0.15, -0.1) is 0 Å². The van der Waals surface area contributed by atoms with Gasteiger partial charge in [0.15, 0.2) is 5.82 Å². The lowest BCUT2D eigenvalue weighted by Crippen LogP contribution is -2.28. The van der Waals surface area contributed by atoms with Crippen molar-refractivity contribution in [2.45, 2.75) is 6.54 Å². The highest BCUT2D eigenvalue weighted by Gasteiger charge is 2.09. The molecule has 6 heteroatoms. The van der Waals surface area contributed by atoms with E-state index in [-0.39, 0.29) is 17.3 Å². The summed E-state index contributed by atoms with van der Waals surface area (Å²) in [5.41, 5.74) is 0.0273. The van der Waals surface area contributed by atoms with E-state index in [1.165, 1.54) is 18.4 Å². The van der Waals surface area contributed by atoms with Gasteiger partial charge in [-0.25, -0.2) is 9.18 Å². The minimum atomic E-state index is -0.660. The summed E-state index contributed by atoms with van der Waals surface area (Å²) in [5.74, 6) is -0.0518. The molecular weight excluding hydrogens is 259 g/mol. The number of amides is 2. The molecular formula is C12H10ClFN2O2. The molecule has 1 heterocycles. The molecule has 0 fully saturated rings. The molecule has 0 radical (unpaired) electrons. The van der Waals surface area contributed by atoms with Gasteiger partial charge in [0.05, 0.1) is 23.5 Å². The van der Waals surface area contributed by atoms with Gasteiger partial charge in [0.1, 0.15) is 5.76 Å². The topological polar surface area (TPSA) is 54.3 Å². The number of hydrogen-bond donors (Lipinski definition) is 2. The minimum Gasteiger partial charge on any atom is -0.467 e.